The topological polar surface area (TPSA) is 93.5 Å². The summed E-state index contributed by atoms with van der Waals surface area (Å²) in [6.45, 7) is 0.186. The first-order valence-corrected chi connectivity index (χ1v) is 8.45. The molecule has 0 saturated carbocycles. The molecule has 0 aliphatic carbocycles. The number of amides is 3. The van der Waals surface area contributed by atoms with E-state index in [1.807, 2.05) is 6.07 Å². The molecule has 6 nitrogen and oxygen atoms in total. The number of rotatable bonds is 6. The molecule has 0 spiro atoms. The Balaban J connectivity index is 1.62. The smallest absolute Gasteiger partial charge is 0.323 e. The highest BCUT2D eigenvalue weighted by Gasteiger charge is 2.09. The van der Waals surface area contributed by atoms with Crippen molar-refractivity contribution < 1.29 is 18.7 Å². The second kappa shape index (κ2) is 8.68. The fourth-order valence-corrected chi connectivity index (χ4v) is 2.56. The normalized spacial score (nSPS) is 10.2. The van der Waals surface area contributed by atoms with Crippen LogP contribution in [0.4, 0.5) is 20.6 Å². The van der Waals surface area contributed by atoms with E-state index in [1.165, 1.54) is 18.2 Å². The Morgan fingerprint density at radius 3 is 2.29 bits per heavy atom. The SMILES string of the molecule is NC(=O)c1ccccc1OCc1cccc(NC(=O)Nc2cccc(F)c2)c1. The Morgan fingerprint density at radius 1 is 0.893 bits per heavy atom. The first-order chi connectivity index (χ1) is 13.5. The minimum atomic E-state index is -0.569. The number of nitrogens with one attached hydrogen (secondary N) is 2. The molecule has 3 amide bonds. The van der Waals surface area contributed by atoms with Crippen LogP contribution in [0.25, 0.3) is 0 Å². The molecule has 0 aliphatic heterocycles. The highest BCUT2D eigenvalue weighted by molar-refractivity contribution is 5.99. The molecule has 0 saturated heterocycles. The lowest BCUT2D eigenvalue weighted by Crippen LogP contribution is -2.19. The molecule has 3 aromatic carbocycles. The largest absolute Gasteiger partial charge is 0.488 e. The Kier molecular flexibility index (Phi) is 5.86. The average molecular weight is 379 g/mol. The maximum atomic E-state index is 13.2. The summed E-state index contributed by atoms with van der Waals surface area (Å²) in [5.74, 6) is -0.620. The van der Waals surface area contributed by atoms with Crippen LogP contribution in [0, 0.1) is 5.82 Å². The van der Waals surface area contributed by atoms with Crippen molar-refractivity contribution in [2.75, 3.05) is 10.6 Å². The third-order valence-electron chi connectivity index (χ3n) is 3.81. The fourth-order valence-electron chi connectivity index (χ4n) is 2.56. The molecule has 0 fully saturated rings. The number of anilines is 2. The van der Waals surface area contributed by atoms with Crippen LogP contribution in [0.2, 0.25) is 0 Å². The Morgan fingerprint density at radius 2 is 1.57 bits per heavy atom. The van der Waals surface area contributed by atoms with Gasteiger partial charge in [-0.25, -0.2) is 9.18 Å². The molecule has 0 unspecified atom stereocenters. The van der Waals surface area contributed by atoms with Crippen LogP contribution < -0.4 is 21.1 Å². The third-order valence-corrected chi connectivity index (χ3v) is 3.81. The number of carbonyl (C=O) groups excluding carboxylic acids is 2. The lowest BCUT2D eigenvalue weighted by Gasteiger charge is -2.11. The zero-order valence-corrected chi connectivity index (χ0v) is 14.8. The zero-order chi connectivity index (χ0) is 19.9. The Bertz CT molecular complexity index is 1010. The lowest BCUT2D eigenvalue weighted by molar-refractivity contribution is 0.0996. The number of para-hydroxylation sites is 1. The fraction of sp³-hybridized carbons (Fsp3) is 0.0476. The Hall–Kier alpha value is -3.87. The summed E-state index contributed by atoms with van der Waals surface area (Å²) in [6, 6.07) is 18.8. The van der Waals surface area contributed by atoms with Crippen molar-refractivity contribution in [2.24, 2.45) is 5.73 Å². The number of ether oxygens (including phenoxy) is 1. The van der Waals surface area contributed by atoms with E-state index in [0.29, 0.717) is 22.7 Å². The number of urea groups is 1. The molecule has 3 rings (SSSR count). The molecule has 4 N–H and O–H groups in total. The number of primary amides is 1. The van der Waals surface area contributed by atoms with Crippen LogP contribution in [0.15, 0.2) is 72.8 Å². The molecule has 7 heteroatoms. The number of hydrogen-bond donors (Lipinski definition) is 3. The summed E-state index contributed by atoms with van der Waals surface area (Å²) in [4.78, 5) is 23.5. The van der Waals surface area contributed by atoms with E-state index in [4.69, 9.17) is 10.5 Å². The predicted octanol–water partition coefficient (Wildman–Crippen LogP) is 4.15. The van der Waals surface area contributed by atoms with Gasteiger partial charge in [0.1, 0.15) is 18.2 Å². The Labute approximate surface area is 161 Å². The second-order valence-electron chi connectivity index (χ2n) is 5.94. The molecule has 0 radical (unpaired) electrons. The number of benzene rings is 3. The molecular formula is C21H18FN3O3. The molecule has 3 aromatic rings. The van der Waals surface area contributed by atoms with Crippen molar-refractivity contribution in [3.63, 3.8) is 0 Å². The molecule has 142 valence electrons. The van der Waals surface area contributed by atoms with Gasteiger partial charge < -0.3 is 21.1 Å². The van der Waals surface area contributed by atoms with Gasteiger partial charge in [0.2, 0.25) is 0 Å². The van der Waals surface area contributed by atoms with E-state index in [-0.39, 0.29) is 6.61 Å². The van der Waals surface area contributed by atoms with E-state index < -0.39 is 17.8 Å². The number of halogens is 1. The van der Waals surface area contributed by atoms with Crippen molar-refractivity contribution in [1.82, 2.24) is 0 Å². The van der Waals surface area contributed by atoms with E-state index >= 15 is 0 Å². The number of hydrogen-bond acceptors (Lipinski definition) is 3. The van der Waals surface area contributed by atoms with Crippen LogP contribution in [0.1, 0.15) is 15.9 Å². The predicted molar refractivity (Wildman–Crippen MR) is 105 cm³/mol. The van der Waals surface area contributed by atoms with Gasteiger partial charge in [-0.3, -0.25) is 4.79 Å². The number of nitrogens with two attached hydrogens (primary N) is 1. The van der Waals surface area contributed by atoms with Crippen molar-refractivity contribution in [3.05, 3.63) is 89.7 Å². The van der Waals surface area contributed by atoms with Crippen LogP contribution in [-0.2, 0) is 6.61 Å². The van der Waals surface area contributed by atoms with Crippen LogP contribution in [-0.4, -0.2) is 11.9 Å². The number of carbonyl (C=O) groups is 2. The van der Waals surface area contributed by atoms with Crippen LogP contribution >= 0.6 is 0 Å². The van der Waals surface area contributed by atoms with Gasteiger partial charge >= 0.3 is 6.03 Å². The maximum absolute atomic E-state index is 13.2. The van der Waals surface area contributed by atoms with Gasteiger partial charge in [0.25, 0.3) is 5.91 Å². The quantitative estimate of drug-likeness (QED) is 0.601. The molecule has 0 aromatic heterocycles. The molecule has 0 atom stereocenters. The molecule has 0 aliphatic rings. The minimum Gasteiger partial charge on any atom is -0.488 e. The monoisotopic (exact) mass is 379 g/mol. The van der Waals surface area contributed by atoms with E-state index in [0.717, 1.165) is 5.56 Å². The van der Waals surface area contributed by atoms with Gasteiger partial charge in [-0.15, -0.1) is 0 Å². The van der Waals surface area contributed by atoms with E-state index in [9.17, 15) is 14.0 Å². The summed E-state index contributed by atoms with van der Waals surface area (Å²) in [5.41, 5.74) is 7.30. The van der Waals surface area contributed by atoms with Gasteiger partial charge in [-0.1, -0.05) is 30.3 Å². The van der Waals surface area contributed by atoms with Gasteiger partial charge in [-0.05, 0) is 48.0 Å². The standard InChI is InChI=1S/C21H18FN3O3/c22-15-6-4-8-17(12-15)25-21(27)24-16-7-3-5-14(11-16)13-28-19-10-2-1-9-18(19)20(23)26/h1-12H,13H2,(H2,23,26)(H2,24,25,27). The van der Waals surface area contributed by atoms with Gasteiger partial charge in [0.15, 0.2) is 0 Å². The zero-order valence-electron chi connectivity index (χ0n) is 14.8. The third kappa shape index (κ3) is 5.07. The summed E-state index contributed by atoms with van der Waals surface area (Å²) >= 11 is 0. The summed E-state index contributed by atoms with van der Waals surface area (Å²) in [6.07, 6.45) is 0. The van der Waals surface area contributed by atoms with Crippen molar-refractivity contribution in [3.8, 4) is 5.75 Å². The van der Waals surface area contributed by atoms with Crippen molar-refractivity contribution in [2.45, 2.75) is 6.61 Å². The highest BCUT2D eigenvalue weighted by Crippen LogP contribution is 2.20. The molecule has 0 bridgehead atoms. The molecular weight excluding hydrogens is 361 g/mol. The van der Waals surface area contributed by atoms with Crippen LogP contribution in [0.5, 0.6) is 5.75 Å². The van der Waals surface area contributed by atoms with Crippen molar-refractivity contribution in [1.29, 1.82) is 0 Å². The molecule has 28 heavy (non-hydrogen) atoms. The first kappa shape index (κ1) is 18.9. The molecule has 0 heterocycles. The van der Waals surface area contributed by atoms with Gasteiger partial charge in [0, 0.05) is 11.4 Å². The summed E-state index contributed by atoms with van der Waals surface area (Å²) in [5, 5.41) is 5.23. The highest BCUT2D eigenvalue weighted by atomic mass is 19.1. The first-order valence-electron chi connectivity index (χ1n) is 8.45. The van der Waals surface area contributed by atoms with Crippen molar-refractivity contribution >= 4 is 23.3 Å². The van der Waals surface area contributed by atoms with Crippen LogP contribution in [0.3, 0.4) is 0 Å². The lowest BCUT2D eigenvalue weighted by atomic mass is 10.2. The summed E-state index contributed by atoms with van der Waals surface area (Å²) in [7, 11) is 0. The maximum Gasteiger partial charge on any atom is 0.323 e. The second-order valence-corrected chi connectivity index (χ2v) is 5.94. The summed E-state index contributed by atoms with van der Waals surface area (Å²) < 4.78 is 18.9. The van der Waals surface area contributed by atoms with Gasteiger partial charge in [0.05, 0.1) is 5.56 Å². The van der Waals surface area contributed by atoms with E-state index in [1.54, 1.807) is 48.5 Å². The average Bonchev–Trinajstić information content (AvgIpc) is 2.66. The van der Waals surface area contributed by atoms with E-state index in [2.05, 4.69) is 10.6 Å². The minimum absolute atomic E-state index is 0.186. The van der Waals surface area contributed by atoms with Gasteiger partial charge in [-0.2, -0.15) is 0 Å².